The molecule has 1 saturated heterocycles. The number of thiazole rings is 2. The number of carbonyl (C=O) groups is 3. The molecular weight excluding hydrogens is 1090 g/mol. The Kier molecular flexibility index (Phi) is 20.1. The molecule has 4 aromatic rings. The maximum Gasteiger partial charge on any atom is 0.410 e. The summed E-state index contributed by atoms with van der Waals surface area (Å²) in [7, 11) is -7.45. The number of anilines is 2. The maximum atomic E-state index is 13.3. The summed E-state index contributed by atoms with van der Waals surface area (Å²) in [5.74, 6) is 0.551. The van der Waals surface area contributed by atoms with Gasteiger partial charge in [0.25, 0.3) is 0 Å². The number of likely N-dealkylation sites (tertiary alicyclic amines) is 1. The van der Waals surface area contributed by atoms with Crippen molar-refractivity contribution in [3.05, 3.63) is 58.8 Å². The Morgan fingerprint density at radius 2 is 1.06 bits per heavy atom. The van der Waals surface area contributed by atoms with Crippen LogP contribution >= 0.6 is 22.7 Å². The van der Waals surface area contributed by atoms with Crippen LogP contribution in [0.2, 0.25) is 0 Å². The second-order valence-corrected chi connectivity index (χ2v) is 29.0. The second-order valence-electron chi connectivity index (χ2n) is 23.4. The zero-order chi connectivity index (χ0) is 57.5. The molecule has 3 saturated carbocycles. The summed E-state index contributed by atoms with van der Waals surface area (Å²) in [6.07, 6.45) is 12.5. The Balaban J connectivity index is 0.000000232. The maximum absolute atomic E-state index is 13.3. The minimum Gasteiger partial charge on any atom is -0.447 e. The average Bonchev–Trinajstić information content (AvgIpc) is 4.05. The van der Waals surface area contributed by atoms with Crippen LogP contribution in [0.4, 0.5) is 25.8 Å². The van der Waals surface area contributed by atoms with Gasteiger partial charge in [-0.3, -0.25) is 0 Å². The molecule has 4 fully saturated rings. The fraction of sp³-hybridized carbons (Fsp3) is 0.625. The van der Waals surface area contributed by atoms with Crippen molar-refractivity contribution in [1.82, 2.24) is 34.9 Å². The van der Waals surface area contributed by atoms with E-state index in [1.165, 1.54) is 17.8 Å². The lowest BCUT2D eigenvalue weighted by molar-refractivity contribution is -0.00126. The first kappa shape index (κ1) is 61.5. The second kappa shape index (κ2) is 25.8. The lowest BCUT2D eigenvalue weighted by Crippen LogP contribution is -2.66. The van der Waals surface area contributed by atoms with E-state index in [0.29, 0.717) is 42.4 Å². The van der Waals surface area contributed by atoms with E-state index >= 15 is 0 Å². The molecule has 0 atom stereocenters. The molecule has 0 bridgehead atoms. The molecule has 0 spiro atoms. The first-order valence-corrected chi connectivity index (χ1v) is 32.4. The van der Waals surface area contributed by atoms with Crippen molar-refractivity contribution in [2.75, 3.05) is 36.8 Å². The molecule has 8 rings (SSSR count). The Hall–Kier alpha value is -5.07. The van der Waals surface area contributed by atoms with Gasteiger partial charge in [0.2, 0.25) is 20.0 Å². The topological polar surface area (TPSA) is 248 Å². The Morgan fingerprint density at radius 3 is 1.42 bits per heavy atom. The summed E-state index contributed by atoms with van der Waals surface area (Å²) in [4.78, 5) is 49.4. The van der Waals surface area contributed by atoms with Crippen molar-refractivity contribution >= 4 is 72.4 Å². The normalized spacial score (nSPS) is 20.9. The van der Waals surface area contributed by atoms with Crippen molar-refractivity contribution in [3.63, 3.8) is 0 Å². The van der Waals surface area contributed by atoms with E-state index < -0.39 is 31.2 Å². The van der Waals surface area contributed by atoms with Gasteiger partial charge in [0.15, 0.2) is 0 Å². The number of nitrogens with one attached hydrogen (secondary N) is 6. The standard InChI is InChI=1S/C30H45N5O6S2.C26H38N4O4S2/c1-8-32-43(38,39)25-15-22(34-30(7)17-35(18-30)28(37)41-29(4,5)6)13-14-23(25)24-16-31-26(42-24)20-9-11-21(12-10-20)33-27(36)40-19(2)3;1-5-28-36(32,33)23-15-20(30-26(4)13-6-14-26)11-12-21(23)22-16-27-24(35-22)18-7-9-19(10-8-18)29-25(31)34-17(2)3/h13-16,19-21,32,34H,8-12,17-18H2,1-7H3,(H,33,36);11-12,15-19,28,30H,5-10,13-14H2,1-4H3,(H,29,31). The summed E-state index contributed by atoms with van der Waals surface area (Å²) in [5, 5.41) is 14.9. The van der Waals surface area contributed by atoms with Crippen LogP contribution in [0, 0.1) is 0 Å². The molecule has 0 unspecified atom stereocenters. The Labute approximate surface area is 476 Å². The van der Waals surface area contributed by atoms with Gasteiger partial charge in [0, 0.05) is 90.5 Å². The van der Waals surface area contributed by atoms with E-state index in [2.05, 4.69) is 37.6 Å². The van der Waals surface area contributed by atoms with Gasteiger partial charge in [-0.05, 0) is 157 Å². The molecular formula is C56H83N9O10S4. The minimum atomic E-state index is -3.79. The molecule has 19 nitrogen and oxygen atoms in total. The van der Waals surface area contributed by atoms with Gasteiger partial charge in [-0.1, -0.05) is 26.0 Å². The average molecular weight is 1170 g/mol. The van der Waals surface area contributed by atoms with E-state index in [1.54, 1.807) is 54.6 Å². The van der Waals surface area contributed by atoms with Gasteiger partial charge in [-0.15, -0.1) is 22.7 Å². The summed E-state index contributed by atoms with van der Waals surface area (Å²) in [6, 6.07) is 11.1. The van der Waals surface area contributed by atoms with E-state index in [0.717, 1.165) is 89.7 Å². The fourth-order valence-electron chi connectivity index (χ4n) is 10.4. The lowest BCUT2D eigenvalue weighted by Gasteiger charge is -2.48. The molecule has 4 aliphatic rings. The number of aromatic nitrogens is 2. The summed E-state index contributed by atoms with van der Waals surface area (Å²) >= 11 is 3.08. The molecule has 0 radical (unpaired) electrons. The van der Waals surface area contributed by atoms with Gasteiger partial charge in [-0.25, -0.2) is 50.6 Å². The third kappa shape index (κ3) is 16.8. The zero-order valence-electron chi connectivity index (χ0n) is 47.7. The lowest BCUT2D eigenvalue weighted by atomic mass is 9.78. The van der Waals surface area contributed by atoms with Crippen molar-refractivity contribution in [2.45, 2.75) is 209 Å². The molecule has 2 aromatic heterocycles. The predicted octanol–water partition coefficient (Wildman–Crippen LogP) is 11.3. The molecule has 79 heavy (non-hydrogen) atoms. The van der Waals surface area contributed by atoms with Gasteiger partial charge in [0.1, 0.15) is 5.60 Å². The molecule has 3 amide bonds. The van der Waals surface area contributed by atoms with Crippen LogP contribution < -0.4 is 30.7 Å². The van der Waals surface area contributed by atoms with E-state index in [-0.39, 0.29) is 70.4 Å². The van der Waals surface area contributed by atoms with Crippen LogP contribution in [-0.2, 0) is 34.3 Å². The van der Waals surface area contributed by atoms with Crippen LogP contribution in [0.5, 0.6) is 0 Å². The summed E-state index contributed by atoms with van der Waals surface area (Å²) < 4.78 is 74.1. The van der Waals surface area contributed by atoms with Crippen molar-refractivity contribution in [3.8, 4) is 20.9 Å². The largest absolute Gasteiger partial charge is 0.447 e. The van der Waals surface area contributed by atoms with E-state index in [9.17, 15) is 31.2 Å². The SMILES string of the molecule is CCNS(=O)(=O)c1cc(NC2(C)CCC2)ccc1-c1cnc(C2CCC(NC(=O)OC(C)C)CC2)s1.CCNS(=O)(=O)c1cc(NC2(C)CN(C(=O)OC(C)(C)C)C2)ccc1-c1cnc(C2CCC(NC(=O)OC(C)C)CC2)s1. The van der Waals surface area contributed by atoms with Crippen molar-refractivity contribution in [1.29, 1.82) is 0 Å². The molecule has 3 heterocycles. The minimum absolute atomic E-state index is 0.0254. The molecule has 23 heteroatoms. The number of carbonyl (C=O) groups excluding carboxylic acids is 3. The van der Waals surface area contributed by atoms with Gasteiger partial charge in [0.05, 0.1) is 47.3 Å². The van der Waals surface area contributed by atoms with Gasteiger partial charge >= 0.3 is 18.3 Å². The molecule has 3 aliphatic carbocycles. The van der Waals surface area contributed by atoms with E-state index in [1.807, 2.05) is 79.7 Å². The summed E-state index contributed by atoms with van der Waals surface area (Å²) in [6.45, 7) is 22.0. The first-order valence-electron chi connectivity index (χ1n) is 27.8. The highest BCUT2D eigenvalue weighted by Gasteiger charge is 2.43. The number of sulfonamides is 2. The predicted molar refractivity (Wildman–Crippen MR) is 312 cm³/mol. The number of benzene rings is 2. The van der Waals surface area contributed by atoms with Gasteiger partial charge in [-0.2, -0.15) is 0 Å². The highest BCUT2D eigenvalue weighted by molar-refractivity contribution is 7.90. The number of rotatable bonds is 18. The Bertz CT molecular complexity index is 2970. The number of alkyl carbamates (subject to hydrolysis) is 2. The van der Waals surface area contributed by atoms with Gasteiger partial charge < -0.3 is 40.4 Å². The number of hydrogen-bond donors (Lipinski definition) is 6. The van der Waals surface area contributed by atoms with Crippen molar-refractivity contribution in [2.24, 2.45) is 0 Å². The molecule has 2 aromatic carbocycles. The van der Waals surface area contributed by atoms with E-state index in [4.69, 9.17) is 24.2 Å². The first-order chi connectivity index (χ1) is 37.2. The number of nitrogens with zero attached hydrogens (tertiary/aromatic N) is 3. The third-order valence-electron chi connectivity index (χ3n) is 14.4. The summed E-state index contributed by atoms with van der Waals surface area (Å²) in [5.41, 5.74) is 1.78. The zero-order valence-corrected chi connectivity index (χ0v) is 51.0. The van der Waals surface area contributed by atoms with Crippen molar-refractivity contribution < 1.29 is 45.4 Å². The molecule has 6 N–H and O–H groups in total. The van der Waals surface area contributed by atoms with Crippen LogP contribution in [0.1, 0.15) is 169 Å². The smallest absolute Gasteiger partial charge is 0.410 e. The van der Waals surface area contributed by atoms with Crippen LogP contribution in [-0.4, -0.2) is 117 Å². The molecule has 1 aliphatic heterocycles. The number of hydrogen-bond acceptors (Lipinski definition) is 16. The quantitative estimate of drug-likeness (QED) is 0.0507. The van der Waals surface area contributed by atoms with Crippen LogP contribution in [0.15, 0.2) is 58.6 Å². The van der Waals surface area contributed by atoms with Crippen LogP contribution in [0.25, 0.3) is 20.9 Å². The highest BCUT2D eigenvalue weighted by atomic mass is 32.2. The highest BCUT2D eigenvalue weighted by Crippen LogP contribution is 2.43. The molecule has 436 valence electrons. The number of ether oxygens (including phenoxy) is 3. The van der Waals surface area contributed by atoms with Crippen LogP contribution in [0.3, 0.4) is 0 Å². The Morgan fingerprint density at radius 1 is 0.658 bits per heavy atom. The monoisotopic (exact) mass is 1170 g/mol. The third-order valence-corrected chi connectivity index (χ3v) is 19.9. The fourth-order valence-corrected chi connectivity index (χ4v) is 15.4. The number of amides is 3.